The fraction of sp³-hybridized carbons (Fsp3) is 0.500. The Labute approximate surface area is 241 Å². The van der Waals surface area contributed by atoms with Gasteiger partial charge in [-0.1, -0.05) is 26.3 Å². The number of hydrogen-bond donors (Lipinski definition) is 3. The minimum absolute atomic E-state index is 0.0709. The first kappa shape index (κ1) is 32.7. The number of nitrogens with zero attached hydrogens (tertiary/aromatic N) is 2. The Morgan fingerprint density at radius 1 is 1.12 bits per heavy atom. The van der Waals surface area contributed by atoms with Crippen molar-refractivity contribution >= 4 is 23.4 Å². The van der Waals surface area contributed by atoms with Gasteiger partial charge in [-0.3, -0.25) is 9.79 Å². The number of nitrogens with one attached hydrogen (secondary N) is 2. The monoisotopic (exact) mass is 551 g/mol. The van der Waals surface area contributed by atoms with Gasteiger partial charge in [0.1, 0.15) is 0 Å². The number of amides is 1. The molecule has 0 spiro atoms. The van der Waals surface area contributed by atoms with Gasteiger partial charge >= 0.3 is 0 Å². The summed E-state index contributed by atoms with van der Waals surface area (Å²) < 4.78 is 11.8. The highest BCUT2D eigenvalue weighted by atomic mass is 16.5. The zero-order chi connectivity index (χ0) is 29.7. The zero-order valence-electron chi connectivity index (χ0n) is 25.6. The molecule has 0 radical (unpaired) electrons. The summed E-state index contributed by atoms with van der Waals surface area (Å²) in [5.74, 6) is 1.01. The van der Waals surface area contributed by atoms with Crippen LogP contribution in [0.3, 0.4) is 0 Å². The molecule has 0 aliphatic rings. The van der Waals surface area contributed by atoms with Crippen molar-refractivity contribution in [1.82, 2.24) is 10.2 Å². The number of nitrogens with two attached hydrogens (primary N) is 1. The van der Waals surface area contributed by atoms with E-state index in [2.05, 4.69) is 34.4 Å². The van der Waals surface area contributed by atoms with Crippen LogP contribution in [0.2, 0.25) is 0 Å². The van der Waals surface area contributed by atoms with Crippen molar-refractivity contribution in [3.63, 3.8) is 0 Å². The predicted octanol–water partition coefficient (Wildman–Crippen LogP) is 5.82. The molecule has 0 saturated heterocycles. The summed E-state index contributed by atoms with van der Waals surface area (Å²) in [6, 6.07) is 9.49. The second-order valence-electron chi connectivity index (χ2n) is 10.2. The van der Waals surface area contributed by atoms with E-state index >= 15 is 0 Å². The lowest BCUT2D eigenvalue weighted by Crippen LogP contribution is -2.30. The first-order valence-electron chi connectivity index (χ1n) is 14.3. The van der Waals surface area contributed by atoms with Crippen LogP contribution in [0.5, 0.6) is 11.5 Å². The van der Waals surface area contributed by atoms with Gasteiger partial charge in [-0.05, 0) is 82.6 Å². The molecule has 1 atom stereocenters. The fourth-order valence-electron chi connectivity index (χ4n) is 4.44. The van der Waals surface area contributed by atoms with Crippen molar-refractivity contribution in [2.45, 2.75) is 66.5 Å². The lowest BCUT2D eigenvalue weighted by molar-refractivity contribution is 0.0939. The minimum Gasteiger partial charge on any atom is -0.493 e. The molecule has 0 bridgehead atoms. The highest BCUT2D eigenvalue weighted by Gasteiger charge is 2.21. The molecule has 2 aromatic rings. The topological polar surface area (TPSA) is 101 Å². The molecular formula is C32H49N5O3. The Morgan fingerprint density at radius 3 is 2.48 bits per heavy atom. The van der Waals surface area contributed by atoms with Gasteiger partial charge in [0.05, 0.1) is 19.3 Å². The number of anilines is 1. The zero-order valence-corrected chi connectivity index (χ0v) is 25.6. The molecule has 0 aromatic heterocycles. The Balaban J connectivity index is 2.27. The van der Waals surface area contributed by atoms with Crippen LogP contribution < -0.4 is 25.8 Å². The molecule has 2 aromatic carbocycles. The van der Waals surface area contributed by atoms with Crippen LogP contribution in [-0.4, -0.2) is 63.5 Å². The fourth-order valence-corrected chi connectivity index (χ4v) is 4.44. The van der Waals surface area contributed by atoms with Crippen molar-refractivity contribution in [1.29, 1.82) is 0 Å². The first-order chi connectivity index (χ1) is 19.2. The lowest BCUT2D eigenvalue weighted by Gasteiger charge is -2.22. The Bertz CT molecular complexity index is 1160. The highest BCUT2D eigenvalue weighted by Crippen LogP contribution is 2.38. The van der Waals surface area contributed by atoms with Gasteiger partial charge < -0.3 is 30.7 Å². The number of carbonyl (C=O) groups is 1. The summed E-state index contributed by atoms with van der Waals surface area (Å²) in [5, 5.41) is 6.65. The molecule has 0 fully saturated rings. The van der Waals surface area contributed by atoms with E-state index in [0.29, 0.717) is 22.6 Å². The molecule has 0 heterocycles. The molecule has 0 saturated carbocycles. The number of methoxy groups -OCH3 is 1. The van der Waals surface area contributed by atoms with E-state index in [4.69, 9.17) is 15.2 Å². The number of likely N-dealkylation sites (N-methyl/N-ethyl adjacent to an activating group) is 1. The number of benzene rings is 2. The number of rotatable bonds is 16. The van der Waals surface area contributed by atoms with E-state index < -0.39 is 0 Å². The van der Waals surface area contributed by atoms with Crippen molar-refractivity contribution in [3.8, 4) is 11.5 Å². The maximum Gasteiger partial charge on any atom is 0.252 e. The molecule has 8 nitrogen and oxygen atoms in total. The Morgan fingerprint density at radius 2 is 1.88 bits per heavy atom. The molecule has 1 unspecified atom stereocenters. The van der Waals surface area contributed by atoms with E-state index in [1.165, 1.54) is 19.0 Å². The van der Waals surface area contributed by atoms with Crippen LogP contribution in [0.25, 0.3) is 5.57 Å². The number of aliphatic imine (C=N–C) groups is 1. The van der Waals surface area contributed by atoms with Crippen LogP contribution >= 0.6 is 0 Å². The average Bonchev–Trinajstić information content (AvgIpc) is 2.94. The normalized spacial score (nSPS) is 12.7. The first-order valence-corrected chi connectivity index (χ1v) is 14.3. The maximum atomic E-state index is 13.4. The van der Waals surface area contributed by atoms with E-state index in [-0.39, 0.29) is 18.1 Å². The summed E-state index contributed by atoms with van der Waals surface area (Å²) in [4.78, 5) is 20.0. The number of aryl methyl sites for hydroxylation is 1. The molecule has 220 valence electrons. The number of unbranched alkanes of at least 4 members (excludes halogenated alkanes) is 1. The largest absolute Gasteiger partial charge is 0.493 e. The molecule has 4 N–H and O–H groups in total. The predicted molar refractivity (Wildman–Crippen MR) is 168 cm³/mol. The van der Waals surface area contributed by atoms with Crippen molar-refractivity contribution in [2.75, 3.05) is 45.7 Å². The van der Waals surface area contributed by atoms with E-state index in [1.807, 2.05) is 58.0 Å². The molecule has 2 rings (SSSR count). The third-order valence-electron chi connectivity index (χ3n) is 6.77. The summed E-state index contributed by atoms with van der Waals surface area (Å²) >= 11 is 0. The summed E-state index contributed by atoms with van der Waals surface area (Å²) in [5.41, 5.74) is 10.7. The maximum absolute atomic E-state index is 13.4. The quantitative estimate of drug-likeness (QED) is 0.227. The van der Waals surface area contributed by atoms with Crippen LogP contribution in [-0.2, 0) is 0 Å². The summed E-state index contributed by atoms with van der Waals surface area (Å²) in [6.07, 6.45) is 5.50. The van der Waals surface area contributed by atoms with Gasteiger partial charge in [-0.15, -0.1) is 0 Å². The van der Waals surface area contributed by atoms with Gasteiger partial charge in [-0.2, -0.15) is 0 Å². The SMILES string of the molecule is CCCCN(CC)CCNc1ccc(C)c(C(=O)NC(C)c2cc(OC)c(OC(C)C)c(/C(C=NC)=C/N)c2)c1. The van der Waals surface area contributed by atoms with E-state index in [1.54, 1.807) is 20.4 Å². The minimum atomic E-state index is -0.307. The highest BCUT2D eigenvalue weighted by molar-refractivity contribution is 6.11. The third-order valence-corrected chi connectivity index (χ3v) is 6.77. The van der Waals surface area contributed by atoms with Crippen molar-refractivity contribution < 1.29 is 14.3 Å². The van der Waals surface area contributed by atoms with Crippen molar-refractivity contribution in [2.24, 2.45) is 10.7 Å². The van der Waals surface area contributed by atoms with Gasteiger partial charge in [0.15, 0.2) is 11.5 Å². The number of carbonyl (C=O) groups excluding carboxylic acids is 1. The van der Waals surface area contributed by atoms with Crippen LogP contribution in [0, 0.1) is 6.92 Å². The second kappa shape index (κ2) is 16.6. The lowest BCUT2D eigenvalue weighted by atomic mass is 9.98. The summed E-state index contributed by atoms with van der Waals surface area (Å²) in [6.45, 7) is 16.2. The third kappa shape index (κ3) is 9.30. The van der Waals surface area contributed by atoms with Gasteiger partial charge in [0, 0.05) is 54.9 Å². The molecular weight excluding hydrogens is 502 g/mol. The van der Waals surface area contributed by atoms with E-state index in [0.717, 1.165) is 48.6 Å². The number of hydrogen-bond acceptors (Lipinski definition) is 7. The van der Waals surface area contributed by atoms with Gasteiger partial charge in [0.25, 0.3) is 5.91 Å². The van der Waals surface area contributed by atoms with E-state index in [9.17, 15) is 4.79 Å². The van der Waals surface area contributed by atoms with Gasteiger partial charge in [0.2, 0.25) is 0 Å². The van der Waals surface area contributed by atoms with Crippen LogP contribution in [0.15, 0.2) is 41.5 Å². The molecule has 40 heavy (non-hydrogen) atoms. The second-order valence-corrected chi connectivity index (χ2v) is 10.2. The molecule has 1 amide bonds. The van der Waals surface area contributed by atoms with Crippen LogP contribution in [0.4, 0.5) is 5.69 Å². The number of allylic oxidation sites excluding steroid dienone is 1. The summed E-state index contributed by atoms with van der Waals surface area (Å²) in [7, 11) is 3.29. The molecule has 0 aliphatic heterocycles. The Kier molecular flexibility index (Phi) is 13.5. The smallest absolute Gasteiger partial charge is 0.252 e. The van der Waals surface area contributed by atoms with Gasteiger partial charge in [-0.25, -0.2) is 0 Å². The van der Waals surface area contributed by atoms with Crippen molar-refractivity contribution in [3.05, 3.63) is 58.8 Å². The van der Waals surface area contributed by atoms with Crippen LogP contribution in [0.1, 0.15) is 80.6 Å². The average molecular weight is 552 g/mol. The Hall–Kier alpha value is -3.52. The molecule has 8 heteroatoms. The number of ether oxygens (including phenoxy) is 2. The standard InChI is InChI=1S/C32H49N5O3/c1-9-11-15-37(10-2)16-14-35-27-13-12-23(5)28(19-27)32(38)36-24(6)25-17-29(26(20-33)21-34-7)31(40-22(3)4)30(18-25)39-8/h12-13,17-22,24,35H,9-11,14-16,33H2,1-8H3,(H,36,38)/b26-20+,34-21?. The molecule has 0 aliphatic carbocycles.